The highest BCUT2D eigenvalue weighted by Gasteiger charge is 2.43. The first-order valence-electron chi connectivity index (χ1n) is 5.58. The molecule has 5 heteroatoms. The van der Waals surface area contributed by atoms with Crippen LogP contribution in [0.4, 0.5) is 0 Å². The first kappa shape index (κ1) is 13.9. The number of ketones is 1. The van der Waals surface area contributed by atoms with Crippen LogP contribution in [-0.2, 0) is 14.3 Å². The lowest BCUT2D eigenvalue weighted by molar-refractivity contribution is -0.189. The van der Waals surface area contributed by atoms with E-state index in [-0.39, 0.29) is 18.5 Å². The lowest BCUT2D eigenvalue weighted by Crippen LogP contribution is -2.37. The molecule has 0 aromatic heterocycles. The van der Waals surface area contributed by atoms with Crippen molar-refractivity contribution in [1.82, 2.24) is 4.90 Å². The molecule has 1 saturated carbocycles. The smallest absolute Gasteiger partial charge is 0.169 e. The minimum absolute atomic E-state index is 0. The topological polar surface area (TPSA) is 38.8 Å². The predicted molar refractivity (Wildman–Crippen MR) is 62.8 cm³/mol. The Morgan fingerprint density at radius 3 is 2.56 bits per heavy atom. The Bertz CT molecular complexity index is 248. The van der Waals surface area contributed by atoms with Crippen molar-refractivity contribution >= 4 is 18.2 Å². The normalized spacial score (nSPS) is 28.4. The molecule has 2 aliphatic rings. The number of hydrogen-bond acceptors (Lipinski definition) is 4. The van der Waals surface area contributed by atoms with Crippen LogP contribution in [0.2, 0.25) is 0 Å². The highest BCUT2D eigenvalue weighted by atomic mass is 35.5. The van der Waals surface area contributed by atoms with Crippen molar-refractivity contribution in [3.63, 3.8) is 0 Å². The van der Waals surface area contributed by atoms with Crippen molar-refractivity contribution in [3.05, 3.63) is 0 Å². The molecule has 0 radical (unpaired) electrons. The van der Waals surface area contributed by atoms with Crippen molar-refractivity contribution < 1.29 is 14.3 Å². The van der Waals surface area contributed by atoms with E-state index in [1.54, 1.807) is 0 Å². The summed E-state index contributed by atoms with van der Waals surface area (Å²) in [5.74, 6) is -0.0990. The Morgan fingerprint density at radius 2 is 2.00 bits per heavy atom. The highest BCUT2D eigenvalue weighted by Crippen LogP contribution is 2.36. The lowest BCUT2D eigenvalue weighted by atomic mass is 9.93. The lowest BCUT2D eigenvalue weighted by Gasteiger charge is -2.31. The van der Waals surface area contributed by atoms with Gasteiger partial charge in [-0.1, -0.05) is 0 Å². The van der Waals surface area contributed by atoms with E-state index in [0.717, 1.165) is 19.4 Å². The summed E-state index contributed by atoms with van der Waals surface area (Å²) >= 11 is 0. The molecule has 0 N–H and O–H groups in total. The average molecular weight is 250 g/mol. The molecule has 0 amide bonds. The average Bonchev–Trinajstić information content (AvgIpc) is 2.54. The van der Waals surface area contributed by atoms with Gasteiger partial charge >= 0.3 is 0 Å². The summed E-state index contributed by atoms with van der Waals surface area (Å²) in [6, 6.07) is 0. The van der Waals surface area contributed by atoms with E-state index >= 15 is 0 Å². The first-order chi connectivity index (χ1) is 7.10. The number of nitrogens with zero attached hydrogens (tertiary/aromatic N) is 1. The molecule has 1 aliphatic heterocycles. The molecule has 1 atom stereocenters. The summed E-state index contributed by atoms with van der Waals surface area (Å²) in [6.07, 6.45) is 2.84. The van der Waals surface area contributed by atoms with E-state index < -0.39 is 5.79 Å². The van der Waals surface area contributed by atoms with E-state index in [2.05, 4.69) is 4.90 Å². The number of carbonyl (C=O) groups is 1. The Morgan fingerprint density at radius 1 is 1.38 bits per heavy atom. The van der Waals surface area contributed by atoms with E-state index in [9.17, 15) is 4.79 Å². The maximum absolute atomic E-state index is 11.1. The molecular formula is C11H20ClNO3. The zero-order chi connectivity index (χ0) is 10.9. The number of ether oxygens (including phenoxy) is 2. The fraction of sp³-hybridized carbons (Fsp3) is 0.909. The third-order valence-corrected chi connectivity index (χ3v) is 3.05. The van der Waals surface area contributed by atoms with Gasteiger partial charge in [0.05, 0.1) is 12.7 Å². The fourth-order valence-corrected chi connectivity index (χ4v) is 2.29. The van der Waals surface area contributed by atoms with Crippen LogP contribution in [-0.4, -0.2) is 49.8 Å². The molecule has 1 aliphatic carbocycles. The summed E-state index contributed by atoms with van der Waals surface area (Å²) < 4.78 is 11.7. The van der Waals surface area contributed by atoms with Crippen LogP contribution in [0.25, 0.3) is 0 Å². The van der Waals surface area contributed by atoms with E-state index in [1.165, 1.54) is 0 Å². The molecule has 0 bridgehead atoms. The molecule has 1 heterocycles. The molecule has 2 rings (SSSR count). The van der Waals surface area contributed by atoms with Crippen LogP contribution >= 0.6 is 12.4 Å². The number of hydrogen-bond donors (Lipinski definition) is 0. The van der Waals surface area contributed by atoms with Gasteiger partial charge in [0.25, 0.3) is 0 Å². The fourth-order valence-electron chi connectivity index (χ4n) is 2.29. The second-order valence-corrected chi connectivity index (χ2v) is 4.76. The van der Waals surface area contributed by atoms with Gasteiger partial charge in [0.2, 0.25) is 0 Å². The van der Waals surface area contributed by atoms with Gasteiger partial charge in [-0.25, -0.2) is 0 Å². The number of Topliss-reactive ketones (excluding diaryl/α,β-unsaturated/α-hetero) is 1. The summed E-state index contributed by atoms with van der Waals surface area (Å²) in [5.41, 5.74) is 0. The van der Waals surface area contributed by atoms with Gasteiger partial charge in [-0.05, 0) is 14.1 Å². The van der Waals surface area contributed by atoms with Gasteiger partial charge in [0, 0.05) is 32.2 Å². The molecule has 1 saturated heterocycles. The Kier molecular flexibility index (Phi) is 4.73. The predicted octanol–water partition coefficient (Wildman–Crippen LogP) is 1.22. The Hall–Kier alpha value is -0.160. The minimum Gasteiger partial charge on any atom is -0.347 e. The largest absolute Gasteiger partial charge is 0.347 e. The SMILES string of the molecule is CN(C)CC1COC2(CCC(=O)CC2)O1.Cl. The third-order valence-electron chi connectivity index (χ3n) is 3.05. The first-order valence-corrected chi connectivity index (χ1v) is 5.58. The van der Waals surface area contributed by atoms with Crippen LogP contribution in [0.15, 0.2) is 0 Å². The van der Waals surface area contributed by atoms with Gasteiger partial charge < -0.3 is 14.4 Å². The maximum atomic E-state index is 11.1. The number of likely N-dealkylation sites (N-methyl/N-ethyl adjacent to an activating group) is 1. The maximum Gasteiger partial charge on any atom is 0.169 e. The molecular weight excluding hydrogens is 230 g/mol. The van der Waals surface area contributed by atoms with Crippen molar-refractivity contribution in [2.45, 2.75) is 37.6 Å². The van der Waals surface area contributed by atoms with Gasteiger partial charge in [-0.3, -0.25) is 4.79 Å². The van der Waals surface area contributed by atoms with Crippen molar-refractivity contribution in [3.8, 4) is 0 Å². The third kappa shape index (κ3) is 3.17. The van der Waals surface area contributed by atoms with Gasteiger partial charge in [0.1, 0.15) is 5.78 Å². The summed E-state index contributed by atoms with van der Waals surface area (Å²) in [7, 11) is 4.05. The summed E-state index contributed by atoms with van der Waals surface area (Å²) in [6.45, 7) is 1.54. The van der Waals surface area contributed by atoms with Crippen LogP contribution in [0.1, 0.15) is 25.7 Å². The molecule has 0 aromatic carbocycles. The van der Waals surface area contributed by atoms with Crippen LogP contribution in [0, 0.1) is 0 Å². The van der Waals surface area contributed by atoms with E-state index in [0.29, 0.717) is 25.2 Å². The molecule has 2 fully saturated rings. The number of rotatable bonds is 2. The van der Waals surface area contributed by atoms with Gasteiger partial charge in [0.15, 0.2) is 5.79 Å². The van der Waals surface area contributed by atoms with Crippen LogP contribution in [0.5, 0.6) is 0 Å². The van der Waals surface area contributed by atoms with E-state index in [1.807, 2.05) is 14.1 Å². The zero-order valence-electron chi connectivity index (χ0n) is 9.90. The Balaban J connectivity index is 0.00000128. The number of halogens is 1. The molecule has 0 aromatic rings. The summed E-state index contributed by atoms with van der Waals surface area (Å²) in [4.78, 5) is 13.2. The quantitative estimate of drug-likeness (QED) is 0.738. The van der Waals surface area contributed by atoms with Gasteiger partial charge in [-0.2, -0.15) is 0 Å². The highest BCUT2D eigenvalue weighted by molar-refractivity contribution is 5.85. The number of carbonyl (C=O) groups excluding carboxylic acids is 1. The van der Waals surface area contributed by atoms with E-state index in [4.69, 9.17) is 9.47 Å². The van der Waals surface area contributed by atoms with Crippen molar-refractivity contribution in [1.29, 1.82) is 0 Å². The summed E-state index contributed by atoms with van der Waals surface area (Å²) in [5, 5.41) is 0. The second kappa shape index (κ2) is 5.45. The van der Waals surface area contributed by atoms with Gasteiger partial charge in [-0.15, -0.1) is 12.4 Å². The van der Waals surface area contributed by atoms with Crippen LogP contribution in [0.3, 0.4) is 0 Å². The molecule has 1 spiro atoms. The molecule has 16 heavy (non-hydrogen) atoms. The molecule has 1 unspecified atom stereocenters. The van der Waals surface area contributed by atoms with Crippen molar-refractivity contribution in [2.75, 3.05) is 27.2 Å². The zero-order valence-corrected chi connectivity index (χ0v) is 10.7. The monoisotopic (exact) mass is 249 g/mol. The van der Waals surface area contributed by atoms with Crippen molar-refractivity contribution in [2.24, 2.45) is 0 Å². The minimum atomic E-state index is -0.436. The molecule has 94 valence electrons. The second-order valence-electron chi connectivity index (χ2n) is 4.76. The van der Waals surface area contributed by atoms with Crippen LogP contribution < -0.4 is 0 Å². The molecule has 4 nitrogen and oxygen atoms in total. The Labute approximate surface area is 103 Å². The standard InChI is InChI=1S/C11H19NO3.ClH/c1-12(2)7-10-8-14-11(15-10)5-3-9(13)4-6-11;/h10H,3-8H2,1-2H3;1H.